The molecule has 2 bridgehead atoms. The number of carbonyl (C=O) groups is 3. The Kier molecular flexibility index (Phi) is 4.07. The Hall–Kier alpha value is -1.59. The fourth-order valence-corrected chi connectivity index (χ4v) is 3.49. The van der Waals surface area contributed by atoms with Crippen LogP contribution in [0.1, 0.15) is 38.5 Å². The quantitative estimate of drug-likeness (QED) is 0.663. The Morgan fingerprint density at radius 1 is 1.16 bits per heavy atom. The second-order valence-corrected chi connectivity index (χ2v) is 5.70. The Morgan fingerprint density at radius 3 is 2.37 bits per heavy atom. The van der Waals surface area contributed by atoms with Crippen molar-refractivity contribution in [1.29, 1.82) is 0 Å². The minimum Gasteiger partial charge on any atom is -0.481 e. The Labute approximate surface area is 111 Å². The lowest BCUT2D eigenvalue weighted by Gasteiger charge is -2.21. The SMILES string of the molecule is O=C(O)C[C@@H](NC(=O)CC1CC2CCC1C2)C(=O)O. The molecular weight excluding hydrogens is 250 g/mol. The summed E-state index contributed by atoms with van der Waals surface area (Å²) in [7, 11) is 0. The van der Waals surface area contributed by atoms with Gasteiger partial charge in [0.25, 0.3) is 0 Å². The van der Waals surface area contributed by atoms with Crippen LogP contribution in [0, 0.1) is 17.8 Å². The van der Waals surface area contributed by atoms with Gasteiger partial charge in [-0.2, -0.15) is 0 Å². The molecule has 6 heteroatoms. The van der Waals surface area contributed by atoms with E-state index in [9.17, 15) is 14.4 Å². The van der Waals surface area contributed by atoms with E-state index in [0.29, 0.717) is 18.3 Å². The molecule has 0 aromatic heterocycles. The van der Waals surface area contributed by atoms with Crippen molar-refractivity contribution in [3.05, 3.63) is 0 Å². The van der Waals surface area contributed by atoms with Gasteiger partial charge in [0, 0.05) is 6.42 Å². The molecular formula is C13H19NO5. The van der Waals surface area contributed by atoms with Crippen LogP contribution in [-0.2, 0) is 14.4 Å². The van der Waals surface area contributed by atoms with Crippen LogP contribution in [0.5, 0.6) is 0 Å². The molecule has 0 aromatic rings. The molecule has 3 unspecified atom stereocenters. The van der Waals surface area contributed by atoms with Crippen molar-refractivity contribution in [2.45, 2.75) is 44.6 Å². The highest BCUT2D eigenvalue weighted by atomic mass is 16.4. The predicted molar refractivity (Wildman–Crippen MR) is 65.4 cm³/mol. The Balaban J connectivity index is 1.82. The molecule has 2 rings (SSSR count). The van der Waals surface area contributed by atoms with E-state index < -0.39 is 24.4 Å². The number of hydrogen-bond donors (Lipinski definition) is 3. The van der Waals surface area contributed by atoms with Crippen molar-refractivity contribution in [1.82, 2.24) is 5.32 Å². The average molecular weight is 269 g/mol. The van der Waals surface area contributed by atoms with Gasteiger partial charge in [-0.25, -0.2) is 4.79 Å². The van der Waals surface area contributed by atoms with E-state index in [1.54, 1.807) is 0 Å². The van der Waals surface area contributed by atoms with E-state index in [-0.39, 0.29) is 5.91 Å². The summed E-state index contributed by atoms with van der Waals surface area (Å²) in [4.78, 5) is 33.2. The third-order valence-corrected chi connectivity index (χ3v) is 4.34. The van der Waals surface area contributed by atoms with Gasteiger partial charge in [0.1, 0.15) is 6.04 Å². The summed E-state index contributed by atoms with van der Waals surface area (Å²) in [6.07, 6.45) is 4.40. The number of carboxylic acids is 2. The zero-order valence-corrected chi connectivity index (χ0v) is 10.7. The second kappa shape index (κ2) is 5.59. The van der Waals surface area contributed by atoms with Gasteiger partial charge in [0.05, 0.1) is 6.42 Å². The zero-order valence-electron chi connectivity index (χ0n) is 10.7. The zero-order chi connectivity index (χ0) is 14.0. The monoisotopic (exact) mass is 269 g/mol. The summed E-state index contributed by atoms with van der Waals surface area (Å²) in [5, 5.41) is 19.8. The van der Waals surface area contributed by atoms with Crippen molar-refractivity contribution in [3.8, 4) is 0 Å². The number of carboxylic acid groups (broad SMARTS) is 2. The van der Waals surface area contributed by atoms with Crippen LogP contribution in [0.3, 0.4) is 0 Å². The third-order valence-electron chi connectivity index (χ3n) is 4.34. The maximum Gasteiger partial charge on any atom is 0.326 e. The molecule has 6 nitrogen and oxygen atoms in total. The lowest BCUT2D eigenvalue weighted by Crippen LogP contribution is -2.43. The van der Waals surface area contributed by atoms with Gasteiger partial charge in [-0.3, -0.25) is 9.59 Å². The first-order valence-corrected chi connectivity index (χ1v) is 6.69. The smallest absolute Gasteiger partial charge is 0.326 e. The highest BCUT2D eigenvalue weighted by Gasteiger charge is 2.40. The molecule has 0 spiro atoms. The molecule has 3 N–H and O–H groups in total. The minimum absolute atomic E-state index is 0.324. The van der Waals surface area contributed by atoms with Gasteiger partial charge < -0.3 is 15.5 Å². The maximum atomic E-state index is 11.8. The summed E-state index contributed by atoms with van der Waals surface area (Å²) in [5.41, 5.74) is 0. The van der Waals surface area contributed by atoms with Gasteiger partial charge in [0.15, 0.2) is 0 Å². The molecule has 0 aliphatic heterocycles. The molecule has 0 saturated heterocycles. The Bertz CT molecular complexity index is 394. The third kappa shape index (κ3) is 3.45. The number of fused-ring (bicyclic) bond motifs is 2. The second-order valence-electron chi connectivity index (χ2n) is 5.70. The first kappa shape index (κ1) is 13.8. The van der Waals surface area contributed by atoms with E-state index >= 15 is 0 Å². The minimum atomic E-state index is -1.33. The van der Waals surface area contributed by atoms with E-state index in [1.807, 2.05) is 0 Å². The van der Waals surface area contributed by atoms with E-state index in [2.05, 4.69) is 5.32 Å². The molecule has 4 atom stereocenters. The Morgan fingerprint density at radius 2 is 1.89 bits per heavy atom. The highest BCUT2D eigenvalue weighted by molar-refractivity contribution is 5.86. The molecule has 2 aliphatic carbocycles. The molecule has 106 valence electrons. The van der Waals surface area contributed by atoms with Crippen molar-refractivity contribution < 1.29 is 24.6 Å². The summed E-state index contributed by atoms with van der Waals surface area (Å²) in [6.45, 7) is 0. The average Bonchev–Trinajstić information content (AvgIpc) is 2.89. The molecule has 2 fully saturated rings. The first-order chi connectivity index (χ1) is 8.95. The molecule has 0 radical (unpaired) electrons. The standard InChI is InChI=1S/C13H19NO5/c15-11(14-10(13(18)19)6-12(16)17)5-9-4-7-1-2-8(9)3-7/h7-10H,1-6H2,(H,14,15)(H,16,17)(H,18,19)/t7?,8?,9?,10-/m1/s1. The number of hydrogen-bond acceptors (Lipinski definition) is 3. The van der Waals surface area contributed by atoms with E-state index in [4.69, 9.17) is 10.2 Å². The molecule has 2 saturated carbocycles. The summed E-state index contributed by atoms with van der Waals surface area (Å²) >= 11 is 0. The summed E-state index contributed by atoms with van der Waals surface area (Å²) in [5.74, 6) is -1.20. The van der Waals surface area contributed by atoms with Crippen molar-refractivity contribution in [2.75, 3.05) is 0 Å². The van der Waals surface area contributed by atoms with Crippen LogP contribution < -0.4 is 5.32 Å². The lowest BCUT2D eigenvalue weighted by molar-refractivity contribution is -0.147. The predicted octanol–water partition coefficient (Wildman–Crippen LogP) is 0.857. The van der Waals surface area contributed by atoms with Crippen molar-refractivity contribution in [2.24, 2.45) is 17.8 Å². The molecule has 0 heterocycles. The van der Waals surface area contributed by atoms with Crippen LogP contribution in [0.2, 0.25) is 0 Å². The number of rotatable bonds is 6. The van der Waals surface area contributed by atoms with Gasteiger partial charge in [-0.15, -0.1) is 0 Å². The number of amides is 1. The van der Waals surface area contributed by atoms with E-state index in [1.165, 1.54) is 19.3 Å². The lowest BCUT2D eigenvalue weighted by atomic mass is 9.86. The largest absolute Gasteiger partial charge is 0.481 e. The van der Waals surface area contributed by atoms with Crippen LogP contribution in [-0.4, -0.2) is 34.1 Å². The maximum absolute atomic E-state index is 11.8. The van der Waals surface area contributed by atoms with Crippen molar-refractivity contribution >= 4 is 17.8 Å². The fraction of sp³-hybridized carbons (Fsp3) is 0.769. The molecule has 19 heavy (non-hydrogen) atoms. The number of aliphatic carboxylic acids is 2. The first-order valence-electron chi connectivity index (χ1n) is 6.69. The van der Waals surface area contributed by atoms with Crippen LogP contribution in [0.15, 0.2) is 0 Å². The van der Waals surface area contributed by atoms with Crippen LogP contribution >= 0.6 is 0 Å². The highest BCUT2D eigenvalue weighted by Crippen LogP contribution is 2.49. The number of carbonyl (C=O) groups excluding carboxylic acids is 1. The fourth-order valence-electron chi connectivity index (χ4n) is 3.49. The van der Waals surface area contributed by atoms with Gasteiger partial charge in [0.2, 0.25) is 5.91 Å². The van der Waals surface area contributed by atoms with E-state index in [0.717, 1.165) is 12.3 Å². The molecule has 2 aliphatic rings. The van der Waals surface area contributed by atoms with Crippen LogP contribution in [0.4, 0.5) is 0 Å². The van der Waals surface area contributed by atoms with Gasteiger partial charge in [-0.1, -0.05) is 6.42 Å². The molecule has 0 aromatic carbocycles. The normalized spacial score (nSPS) is 30.0. The topological polar surface area (TPSA) is 104 Å². The summed E-state index contributed by atoms with van der Waals surface area (Å²) < 4.78 is 0. The summed E-state index contributed by atoms with van der Waals surface area (Å²) in [6, 6.07) is -1.33. The van der Waals surface area contributed by atoms with Crippen LogP contribution in [0.25, 0.3) is 0 Å². The number of nitrogens with one attached hydrogen (secondary N) is 1. The van der Waals surface area contributed by atoms with Gasteiger partial charge >= 0.3 is 11.9 Å². The molecule has 1 amide bonds. The van der Waals surface area contributed by atoms with Crippen molar-refractivity contribution in [3.63, 3.8) is 0 Å². The van der Waals surface area contributed by atoms with Gasteiger partial charge in [-0.05, 0) is 37.0 Å².